The van der Waals surface area contributed by atoms with Crippen molar-refractivity contribution in [1.29, 1.82) is 0 Å². The third kappa shape index (κ3) is 2.53. The predicted octanol–water partition coefficient (Wildman–Crippen LogP) is 3.52. The Morgan fingerprint density at radius 3 is 2.78 bits per heavy atom. The highest BCUT2D eigenvalue weighted by Gasteiger charge is 2.20. The molecule has 1 aromatic heterocycles. The molecule has 0 radical (unpaired) electrons. The molecule has 0 saturated heterocycles. The van der Waals surface area contributed by atoms with E-state index in [1.54, 1.807) is 6.20 Å². The summed E-state index contributed by atoms with van der Waals surface area (Å²) >= 11 is 12.3. The van der Waals surface area contributed by atoms with Crippen molar-refractivity contribution in [2.45, 2.75) is 19.5 Å². The summed E-state index contributed by atoms with van der Waals surface area (Å²) in [4.78, 5) is 0. The summed E-state index contributed by atoms with van der Waals surface area (Å²) in [5.74, 6) is 0. The number of hydrogen-bond acceptors (Lipinski definition) is 2. The zero-order chi connectivity index (χ0) is 13.1. The standard InChI is InChI=1S/C13H15Cl2N3/c1-3-18-13(11(15)8-17-18)12(16-2)9-5-4-6-10(14)7-9/h4-8,12,16H,3H2,1-2H3. The Kier molecular flexibility index (Phi) is 4.27. The molecule has 0 amide bonds. The Morgan fingerprint density at radius 1 is 1.39 bits per heavy atom. The minimum atomic E-state index is -0.0151. The van der Waals surface area contributed by atoms with Gasteiger partial charge in [0.1, 0.15) is 0 Å². The zero-order valence-electron chi connectivity index (χ0n) is 10.3. The molecule has 0 bridgehead atoms. The van der Waals surface area contributed by atoms with Crippen molar-refractivity contribution < 1.29 is 0 Å². The lowest BCUT2D eigenvalue weighted by Crippen LogP contribution is -2.21. The van der Waals surface area contributed by atoms with Crippen LogP contribution < -0.4 is 5.32 Å². The molecule has 1 atom stereocenters. The van der Waals surface area contributed by atoms with E-state index in [1.165, 1.54) is 0 Å². The van der Waals surface area contributed by atoms with E-state index >= 15 is 0 Å². The van der Waals surface area contributed by atoms with Crippen LogP contribution in [0.1, 0.15) is 24.2 Å². The summed E-state index contributed by atoms with van der Waals surface area (Å²) in [6.07, 6.45) is 1.68. The van der Waals surface area contributed by atoms with Crippen molar-refractivity contribution in [3.63, 3.8) is 0 Å². The van der Waals surface area contributed by atoms with Crippen molar-refractivity contribution in [3.8, 4) is 0 Å². The average molecular weight is 284 g/mol. The van der Waals surface area contributed by atoms with E-state index < -0.39 is 0 Å². The van der Waals surface area contributed by atoms with Crippen LogP contribution in [0.4, 0.5) is 0 Å². The number of nitrogens with zero attached hydrogens (tertiary/aromatic N) is 2. The Bertz CT molecular complexity index is 537. The maximum atomic E-state index is 6.23. The smallest absolute Gasteiger partial charge is 0.0837 e. The number of rotatable bonds is 4. The highest BCUT2D eigenvalue weighted by Crippen LogP contribution is 2.29. The average Bonchev–Trinajstić information content (AvgIpc) is 2.72. The van der Waals surface area contributed by atoms with Gasteiger partial charge in [-0.3, -0.25) is 4.68 Å². The van der Waals surface area contributed by atoms with Gasteiger partial charge in [-0.05, 0) is 31.7 Å². The van der Waals surface area contributed by atoms with E-state index in [-0.39, 0.29) is 6.04 Å². The number of aryl methyl sites for hydroxylation is 1. The Hall–Kier alpha value is -1.03. The van der Waals surface area contributed by atoms with Crippen molar-refractivity contribution in [1.82, 2.24) is 15.1 Å². The Labute approximate surface area is 117 Å². The SMILES string of the molecule is CCn1ncc(Cl)c1C(NC)c1cccc(Cl)c1. The van der Waals surface area contributed by atoms with E-state index in [0.717, 1.165) is 17.8 Å². The van der Waals surface area contributed by atoms with E-state index in [4.69, 9.17) is 23.2 Å². The maximum absolute atomic E-state index is 6.23. The lowest BCUT2D eigenvalue weighted by Gasteiger charge is -2.19. The van der Waals surface area contributed by atoms with Crippen molar-refractivity contribution >= 4 is 23.2 Å². The van der Waals surface area contributed by atoms with E-state index in [9.17, 15) is 0 Å². The molecule has 1 aromatic carbocycles. The highest BCUT2D eigenvalue weighted by molar-refractivity contribution is 6.31. The molecule has 96 valence electrons. The van der Waals surface area contributed by atoms with E-state index in [1.807, 2.05) is 42.9 Å². The van der Waals surface area contributed by atoms with Gasteiger partial charge in [-0.1, -0.05) is 35.3 Å². The van der Waals surface area contributed by atoms with Crippen LogP contribution in [-0.2, 0) is 6.54 Å². The van der Waals surface area contributed by atoms with Gasteiger partial charge >= 0.3 is 0 Å². The number of benzene rings is 1. The predicted molar refractivity (Wildman–Crippen MR) is 75.3 cm³/mol. The minimum absolute atomic E-state index is 0.0151. The quantitative estimate of drug-likeness (QED) is 0.931. The summed E-state index contributed by atoms with van der Waals surface area (Å²) in [6, 6.07) is 7.74. The molecule has 0 aliphatic carbocycles. The second kappa shape index (κ2) is 5.74. The molecule has 0 aliphatic rings. The lowest BCUT2D eigenvalue weighted by molar-refractivity contribution is 0.563. The van der Waals surface area contributed by atoms with Gasteiger partial charge < -0.3 is 5.32 Å². The molecule has 1 unspecified atom stereocenters. The van der Waals surface area contributed by atoms with Gasteiger partial charge in [0.05, 0.1) is 23.0 Å². The first kappa shape index (κ1) is 13.4. The molecule has 18 heavy (non-hydrogen) atoms. The van der Waals surface area contributed by atoms with Gasteiger partial charge in [-0.2, -0.15) is 5.10 Å². The number of hydrogen-bond donors (Lipinski definition) is 1. The second-order valence-electron chi connectivity index (χ2n) is 3.97. The van der Waals surface area contributed by atoms with Crippen LogP contribution in [0.5, 0.6) is 0 Å². The fraction of sp³-hybridized carbons (Fsp3) is 0.308. The maximum Gasteiger partial charge on any atom is 0.0837 e. The third-order valence-electron chi connectivity index (χ3n) is 2.88. The molecule has 0 fully saturated rings. The van der Waals surface area contributed by atoms with Gasteiger partial charge in [-0.15, -0.1) is 0 Å². The molecular weight excluding hydrogens is 269 g/mol. The van der Waals surface area contributed by atoms with Gasteiger partial charge in [0.25, 0.3) is 0 Å². The number of halogens is 2. The molecule has 0 spiro atoms. The van der Waals surface area contributed by atoms with Gasteiger partial charge in [0.15, 0.2) is 0 Å². The first-order valence-electron chi connectivity index (χ1n) is 5.81. The summed E-state index contributed by atoms with van der Waals surface area (Å²) in [5, 5.41) is 8.90. The first-order chi connectivity index (χ1) is 8.67. The van der Waals surface area contributed by atoms with E-state index in [0.29, 0.717) is 10.0 Å². The fourth-order valence-electron chi connectivity index (χ4n) is 2.06. The largest absolute Gasteiger partial charge is 0.308 e. The molecule has 1 N–H and O–H groups in total. The molecular formula is C13H15Cl2N3. The highest BCUT2D eigenvalue weighted by atomic mass is 35.5. The topological polar surface area (TPSA) is 29.9 Å². The zero-order valence-corrected chi connectivity index (χ0v) is 11.8. The molecule has 0 aliphatic heterocycles. The van der Waals surface area contributed by atoms with Gasteiger partial charge in [0, 0.05) is 11.6 Å². The van der Waals surface area contributed by atoms with Crippen LogP contribution in [0.15, 0.2) is 30.5 Å². The van der Waals surface area contributed by atoms with Crippen molar-refractivity contribution in [2.24, 2.45) is 0 Å². The molecule has 2 aromatic rings. The van der Waals surface area contributed by atoms with Gasteiger partial charge in [0.2, 0.25) is 0 Å². The monoisotopic (exact) mass is 283 g/mol. The molecule has 1 heterocycles. The summed E-state index contributed by atoms with van der Waals surface area (Å²) < 4.78 is 1.89. The van der Waals surface area contributed by atoms with Crippen LogP contribution >= 0.6 is 23.2 Å². The number of aromatic nitrogens is 2. The van der Waals surface area contributed by atoms with Crippen LogP contribution in [0.25, 0.3) is 0 Å². The molecule has 2 rings (SSSR count). The minimum Gasteiger partial charge on any atom is -0.308 e. The van der Waals surface area contributed by atoms with Crippen LogP contribution in [-0.4, -0.2) is 16.8 Å². The Balaban J connectivity index is 2.48. The summed E-state index contributed by atoms with van der Waals surface area (Å²) in [7, 11) is 1.90. The lowest BCUT2D eigenvalue weighted by atomic mass is 10.0. The molecule has 5 heteroatoms. The third-order valence-corrected chi connectivity index (χ3v) is 3.40. The van der Waals surface area contributed by atoms with Crippen molar-refractivity contribution in [3.05, 3.63) is 51.8 Å². The normalized spacial score (nSPS) is 12.7. The van der Waals surface area contributed by atoms with E-state index in [2.05, 4.69) is 10.4 Å². The Morgan fingerprint density at radius 2 is 2.17 bits per heavy atom. The fourth-order valence-corrected chi connectivity index (χ4v) is 2.51. The van der Waals surface area contributed by atoms with Crippen LogP contribution in [0.2, 0.25) is 10.0 Å². The second-order valence-corrected chi connectivity index (χ2v) is 4.81. The molecule has 3 nitrogen and oxygen atoms in total. The van der Waals surface area contributed by atoms with Gasteiger partial charge in [-0.25, -0.2) is 0 Å². The molecule has 0 saturated carbocycles. The summed E-state index contributed by atoms with van der Waals surface area (Å²) in [5.41, 5.74) is 2.03. The van der Waals surface area contributed by atoms with Crippen molar-refractivity contribution in [2.75, 3.05) is 7.05 Å². The summed E-state index contributed by atoms with van der Waals surface area (Å²) in [6.45, 7) is 2.82. The van der Waals surface area contributed by atoms with Crippen LogP contribution in [0, 0.1) is 0 Å². The number of nitrogens with one attached hydrogen (secondary N) is 1. The first-order valence-corrected chi connectivity index (χ1v) is 6.57. The van der Waals surface area contributed by atoms with Crippen LogP contribution in [0.3, 0.4) is 0 Å².